The van der Waals surface area contributed by atoms with Crippen molar-refractivity contribution in [3.8, 4) is 5.88 Å². The standard InChI is InChI=1S/C13H21N3O/c1-9-7-10(8-9)15-12-11(16(2)3)5-6-14-13(12)17-4/h5-6,9-10,15H,7-8H2,1-4H3. The maximum Gasteiger partial charge on any atom is 0.239 e. The fraction of sp³-hybridized carbons (Fsp3) is 0.615. The number of anilines is 2. The fourth-order valence-corrected chi connectivity index (χ4v) is 2.32. The summed E-state index contributed by atoms with van der Waals surface area (Å²) in [6.07, 6.45) is 4.23. The number of hydrogen-bond acceptors (Lipinski definition) is 4. The van der Waals surface area contributed by atoms with Crippen LogP contribution in [0.1, 0.15) is 19.8 Å². The van der Waals surface area contributed by atoms with Crippen molar-refractivity contribution >= 4 is 11.4 Å². The van der Waals surface area contributed by atoms with Crippen LogP contribution in [0.2, 0.25) is 0 Å². The lowest BCUT2D eigenvalue weighted by Crippen LogP contribution is -2.34. The topological polar surface area (TPSA) is 37.4 Å². The van der Waals surface area contributed by atoms with Crippen LogP contribution in [0.4, 0.5) is 11.4 Å². The lowest BCUT2D eigenvalue weighted by atomic mass is 9.82. The van der Waals surface area contributed by atoms with Gasteiger partial charge in [0, 0.05) is 26.3 Å². The zero-order chi connectivity index (χ0) is 12.4. The van der Waals surface area contributed by atoms with E-state index in [1.807, 2.05) is 20.2 Å². The third-order valence-corrected chi connectivity index (χ3v) is 3.29. The maximum atomic E-state index is 5.33. The second kappa shape index (κ2) is 4.82. The van der Waals surface area contributed by atoms with E-state index in [1.54, 1.807) is 13.3 Å². The molecule has 0 amide bonds. The molecule has 1 fully saturated rings. The van der Waals surface area contributed by atoms with Crippen molar-refractivity contribution in [2.45, 2.75) is 25.8 Å². The van der Waals surface area contributed by atoms with Gasteiger partial charge >= 0.3 is 0 Å². The van der Waals surface area contributed by atoms with Gasteiger partial charge in [0.15, 0.2) is 0 Å². The van der Waals surface area contributed by atoms with E-state index in [4.69, 9.17) is 4.74 Å². The molecule has 1 heterocycles. The summed E-state index contributed by atoms with van der Waals surface area (Å²) < 4.78 is 5.33. The van der Waals surface area contributed by atoms with Crippen LogP contribution in [-0.4, -0.2) is 32.2 Å². The normalized spacial score (nSPS) is 22.8. The molecule has 1 aliphatic rings. The second-order valence-electron chi connectivity index (χ2n) is 5.03. The molecule has 1 saturated carbocycles. The molecule has 4 heteroatoms. The molecule has 0 atom stereocenters. The molecule has 17 heavy (non-hydrogen) atoms. The van der Waals surface area contributed by atoms with Crippen LogP contribution in [0, 0.1) is 5.92 Å². The number of ether oxygens (including phenoxy) is 1. The predicted molar refractivity (Wildman–Crippen MR) is 70.9 cm³/mol. The SMILES string of the molecule is COc1nccc(N(C)C)c1NC1CC(C)C1. The molecule has 0 bridgehead atoms. The summed E-state index contributed by atoms with van der Waals surface area (Å²) >= 11 is 0. The largest absolute Gasteiger partial charge is 0.479 e. The quantitative estimate of drug-likeness (QED) is 0.869. The average Bonchev–Trinajstić information content (AvgIpc) is 2.26. The molecule has 1 aromatic rings. The minimum Gasteiger partial charge on any atom is -0.479 e. The molecule has 4 nitrogen and oxygen atoms in total. The summed E-state index contributed by atoms with van der Waals surface area (Å²) in [6, 6.07) is 2.56. The van der Waals surface area contributed by atoms with Gasteiger partial charge in [-0.1, -0.05) is 6.92 Å². The van der Waals surface area contributed by atoms with E-state index < -0.39 is 0 Å². The van der Waals surface area contributed by atoms with Crippen LogP contribution in [0.3, 0.4) is 0 Å². The molecule has 0 spiro atoms. The van der Waals surface area contributed by atoms with Crippen LogP contribution in [-0.2, 0) is 0 Å². The van der Waals surface area contributed by atoms with Gasteiger partial charge in [-0.25, -0.2) is 4.98 Å². The predicted octanol–water partition coefficient (Wildman–Crippen LogP) is 2.37. The molecule has 94 valence electrons. The van der Waals surface area contributed by atoms with Gasteiger partial charge in [-0.3, -0.25) is 0 Å². The van der Waals surface area contributed by atoms with Crippen LogP contribution in [0.15, 0.2) is 12.3 Å². The van der Waals surface area contributed by atoms with Crippen molar-refractivity contribution in [1.29, 1.82) is 0 Å². The second-order valence-corrected chi connectivity index (χ2v) is 5.03. The number of rotatable bonds is 4. The monoisotopic (exact) mass is 235 g/mol. The van der Waals surface area contributed by atoms with Crippen LogP contribution < -0.4 is 15.0 Å². The summed E-state index contributed by atoms with van der Waals surface area (Å²) in [6.45, 7) is 2.28. The van der Waals surface area contributed by atoms with Gasteiger partial charge in [0.25, 0.3) is 0 Å². The Labute approximate surface area is 103 Å². The number of aromatic nitrogens is 1. The van der Waals surface area contributed by atoms with Crippen LogP contribution in [0.25, 0.3) is 0 Å². The van der Waals surface area contributed by atoms with E-state index in [1.165, 1.54) is 12.8 Å². The number of pyridine rings is 1. The number of nitrogens with zero attached hydrogens (tertiary/aromatic N) is 2. The molecular weight excluding hydrogens is 214 g/mol. The van der Waals surface area contributed by atoms with Gasteiger partial charge in [0.05, 0.1) is 12.8 Å². The van der Waals surface area contributed by atoms with E-state index in [0.717, 1.165) is 17.3 Å². The van der Waals surface area contributed by atoms with E-state index >= 15 is 0 Å². The van der Waals surface area contributed by atoms with Gasteiger partial charge in [-0.05, 0) is 24.8 Å². The third kappa shape index (κ3) is 2.46. The number of methoxy groups -OCH3 is 1. The van der Waals surface area contributed by atoms with Crippen molar-refractivity contribution in [2.75, 3.05) is 31.4 Å². The average molecular weight is 235 g/mol. The van der Waals surface area contributed by atoms with Crippen LogP contribution in [0.5, 0.6) is 5.88 Å². The first-order valence-corrected chi connectivity index (χ1v) is 6.08. The van der Waals surface area contributed by atoms with E-state index in [-0.39, 0.29) is 0 Å². The van der Waals surface area contributed by atoms with Crippen LogP contribution >= 0.6 is 0 Å². The minimum absolute atomic E-state index is 0.557. The Hall–Kier alpha value is -1.45. The Morgan fingerprint density at radius 3 is 2.65 bits per heavy atom. The summed E-state index contributed by atoms with van der Waals surface area (Å²) in [5, 5.41) is 3.55. The molecule has 0 aliphatic heterocycles. The summed E-state index contributed by atoms with van der Waals surface area (Å²) in [5.74, 6) is 1.51. The fourth-order valence-electron chi connectivity index (χ4n) is 2.32. The van der Waals surface area contributed by atoms with E-state index in [2.05, 4.69) is 22.1 Å². The van der Waals surface area contributed by atoms with Crippen molar-refractivity contribution < 1.29 is 4.74 Å². The molecule has 0 saturated heterocycles. The summed E-state index contributed by atoms with van der Waals surface area (Å²) in [5.41, 5.74) is 2.13. The molecular formula is C13H21N3O. The Balaban J connectivity index is 2.22. The first kappa shape index (κ1) is 12.0. The Kier molecular flexibility index (Phi) is 3.41. The number of nitrogens with one attached hydrogen (secondary N) is 1. The third-order valence-electron chi connectivity index (χ3n) is 3.29. The van der Waals surface area contributed by atoms with Crippen molar-refractivity contribution in [3.05, 3.63) is 12.3 Å². The van der Waals surface area contributed by atoms with E-state index in [0.29, 0.717) is 11.9 Å². The molecule has 0 aromatic carbocycles. The van der Waals surface area contributed by atoms with Crippen molar-refractivity contribution in [3.63, 3.8) is 0 Å². The van der Waals surface area contributed by atoms with Gasteiger partial charge in [0.1, 0.15) is 5.69 Å². The highest BCUT2D eigenvalue weighted by Crippen LogP contribution is 2.37. The molecule has 1 N–H and O–H groups in total. The molecule has 0 unspecified atom stereocenters. The van der Waals surface area contributed by atoms with E-state index in [9.17, 15) is 0 Å². The Morgan fingerprint density at radius 2 is 2.12 bits per heavy atom. The Morgan fingerprint density at radius 1 is 1.41 bits per heavy atom. The highest BCUT2D eigenvalue weighted by molar-refractivity contribution is 5.74. The summed E-state index contributed by atoms with van der Waals surface area (Å²) in [7, 11) is 5.73. The maximum absolute atomic E-state index is 5.33. The minimum atomic E-state index is 0.557. The zero-order valence-electron chi connectivity index (χ0n) is 11.0. The van der Waals surface area contributed by atoms with Gasteiger partial charge in [-0.2, -0.15) is 0 Å². The lowest BCUT2D eigenvalue weighted by molar-refractivity contribution is 0.307. The van der Waals surface area contributed by atoms with Gasteiger partial charge < -0.3 is 15.0 Å². The van der Waals surface area contributed by atoms with Gasteiger partial charge in [0.2, 0.25) is 5.88 Å². The molecule has 0 radical (unpaired) electrons. The molecule has 1 aromatic heterocycles. The van der Waals surface area contributed by atoms with Crippen molar-refractivity contribution in [1.82, 2.24) is 4.98 Å². The highest BCUT2D eigenvalue weighted by Gasteiger charge is 2.27. The molecule has 2 rings (SSSR count). The smallest absolute Gasteiger partial charge is 0.239 e. The first-order chi connectivity index (χ1) is 8.11. The number of hydrogen-bond donors (Lipinski definition) is 1. The lowest BCUT2D eigenvalue weighted by Gasteiger charge is -2.35. The summed E-state index contributed by atoms with van der Waals surface area (Å²) in [4.78, 5) is 6.34. The highest BCUT2D eigenvalue weighted by atomic mass is 16.5. The Bertz CT molecular complexity index is 386. The first-order valence-electron chi connectivity index (χ1n) is 6.08. The van der Waals surface area contributed by atoms with Crippen molar-refractivity contribution in [2.24, 2.45) is 5.92 Å². The van der Waals surface area contributed by atoms with Gasteiger partial charge in [-0.15, -0.1) is 0 Å². The molecule has 1 aliphatic carbocycles. The zero-order valence-corrected chi connectivity index (χ0v) is 11.0.